The van der Waals surface area contributed by atoms with Crippen molar-refractivity contribution in [2.75, 3.05) is 18.9 Å². The molecule has 0 radical (unpaired) electrons. The molecule has 0 heterocycles. The summed E-state index contributed by atoms with van der Waals surface area (Å²) in [5, 5.41) is 0.855. The molecule has 1 amide bonds. The predicted octanol–water partition coefficient (Wildman–Crippen LogP) is 2.82. The van der Waals surface area contributed by atoms with Crippen LogP contribution in [0.15, 0.2) is 24.3 Å². The van der Waals surface area contributed by atoms with Gasteiger partial charge in [-0.1, -0.05) is 40.2 Å². The normalized spacial score (nSPS) is 28.2. The fourth-order valence-corrected chi connectivity index (χ4v) is 3.93. The number of benzene rings is 1. The van der Waals surface area contributed by atoms with E-state index < -0.39 is 0 Å². The van der Waals surface area contributed by atoms with E-state index in [2.05, 4.69) is 40.2 Å². The highest BCUT2D eigenvalue weighted by Gasteiger charge is 2.57. The van der Waals surface area contributed by atoms with Gasteiger partial charge in [0.05, 0.1) is 0 Å². The summed E-state index contributed by atoms with van der Waals surface area (Å²) in [6, 6.07) is 8.64. The van der Waals surface area contributed by atoms with E-state index in [-0.39, 0.29) is 5.92 Å². The summed E-state index contributed by atoms with van der Waals surface area (Å²) in [6.45, 7) is 0.802. The fourth-order valence-electron chi connectivity index (χ4n) is 3.39. The van der Waals surface area contributed by atoms with Gasteiger partial charge in [0.25, 0.3) is 0 Å². The molecule has 1 saturated carbocycles. The van der Waals surface area contributed by atoms with Crippen molar-refractivity contribution < 1.29 is 4.79 Å². The first kappa shape index (κ1) is 12.2. The zero-order valence-corrected chi connectivity index (χ0v) is 12.2. The third-order valence-electron chi connectivity index (χ3n) is 4.41. The van der Waals surface area contributed by atoms with Crippen molar-refractivity contribution in [1.82, 2.24) is 4.90 Å². The molecular formula is C15H18BrNO. The molecule has 1 aromatic carbocycles. The van der Waals surface area contributed by atoms with E-state index in [1.807, 2.05) is 11.9 Å². The monoisotopic (exact) mass is 307 g/mol. The van der Waals surface area contributed by atoms with Crippen LogP contribution in [0.3, 0.4) is 0 Å². The second-order valence-corrected chi connectivity index (χ2v) is 6.19. The average molecular weight is 308 g/mol. The Morgan fingerprint density at radius 1 is 1.44 bits per heavy atom. The van der Waals surface area contributed by atoms with Crippen LogP contribution in [0.2, 0.25) is 0 Å². The number of amides is 1. The Balaban J connectivity index is 1.78. The maximum absolute atomic E-state index is 12.4. The lowest BCUT2D eigenvalue weighted by molar-refractivity contribution is -0.131. The minimum Gasteiger partial charge on any atom is -0.345 e. The molecule has 96 valence electrons. The molecule has 0 N–H and O–H groups in total. The number of carbonyl (C=O) groups excluding carboxylic acids is 1. The molecule has 3 rings (SSSR count). The Hall–Kier alpha value is -0.830. The Morgan fingerprint density at radius 3 is 3.00 bits per heavy atom. The van der Waals surface area contributed by atoms with Gasteiger partial charge in [-0.05, 0) is 35.8 Å². The van der Waals surface area contributed by atoms with Crippen LogP contribution < -0.4 is 0 Å². The number of carbonyl (C=O) groups is 1. The van der Waals surface area contributed by atoms with E-state index in [1.54, 1.807) is 0 Å². The minimum absolute atomic E-state index is 0.248. The Kier molecular flexibility index (Phi) is 3.18. The summed E-state index contributed by atoms with van der Waals surface area (Å²) >= 11 is 3.40. The van der Waals surface area contributed by atoms with Crippen LogP contribution in [0.1, 0.15) is 23.5 Å². The zero-order valence-electron chi connectivity index (χ0n) is 10.6. The summed E-state index contributed by atoms with van der Waals surface area (Å²) in [6.07, 6.45) is 2.32. The van der Waals surface area contributed by atoms with Gasteiger partial charge in [0.15, 0.2) is 0 Å². The van der Waals surface area contributed by atoms with Crippen molar-refractivity contribution in [3.63, 3.8) is 0 Å². The van der Waals surface area contributed by atoms with Crippen LogP contribution >= 0.6 is 15.9 Å². The highest BCUT2D eigenvalue weighted by atomic mass is 79.9. The number of fused-ring (bicyclic) bond motifs is 3. The smallest absolute Gasteiger partial charge is 0.226 e. The predicted molar refractivity (Wildman–Crippen MR) is 75.9 cm³/mol. The molecule has 1 aromatic rings. The van der Waals surface area contributed by atoms with Gasteiger partial charge in [-0.2, -0.15) is 0 Å². The van der Waals surface area contributed by atoms with E-state index in [0.29, 0.717) is 17.7 Å². The standard InChI is InChI=1S/C15H18BrNO/c1-17(9-8-16)15(18)14-12-7-6-10-4-2-3-5-11(10)13(12)14/h2-5,12-14H,6-9H2,1H3. The topological polar surface area (TPSA) is 20.3 Å². The van der Waals surface area contributed by atoms with Gasteiger partial charge in [0.2, 0.25) is 5.91 Å². The number of aryl methyl sites for hydroxylation is 1. The maximum Gasteiger partial charge on any atom is 0.226 e. The van der Waals surface area contributed by atoms with Gasteiger partial charge in [0, 0.05) is 24.8 Å². The molecule has 18 heavy (non-hydrogen) atoms. The first-order valence-electron chi connectivity index (χ1n) is 6.62. The summed E-state index contributed by atoms with van der Waals surface area (Å²) in [7, 11) is 1.92. The first-order valence-corrected chi connectivity index (χ1v) is 7.75. The van der Waals surface area contributed by atoms with E-state index in [0.717, 1.165) is 18.3 Å². The highest BCUT2D eigenvalue weighted by molar-refractivity contribution is 9.09. The molecule has 0 spiro atoms. The zero-order chi connectivity index (χ0) is 12.7. The molecule has 2 aliphatic carbocycles. The second kappa shape index (κ2) is 4.69. The molecule has 0 aliphatic heterocycles. The number of alkyl halides is 1. The van der Waals surface area contributed by atoms with Crippen LogP contribution in [-0.4, -0.2) is 29.7 Å². The van der Waals surface area contributed by atoms with Gasteiger partial charge in [0.1, 0.15) is 0 Å². The summed E-state index contributed by atoms with van der Waals surface area (Å²) in [5.74, 6) is 1.68. The molecule has 1 fully saturated rings. The van der Waals surface area contributed by atoms with Gasteiger partial charge < -0.3 is 4.90 Å². The lowest BCUT2D eigenvalue weighted by Gasteiger charge is -2.15. The molecule has 0 saturated heterocycles. The largest absolute Gasteiger partial charge is 0.345 e. The van der Waals surface area contributed by atoms with E-state index >= 15 is 0 Å². The summed E-state index contributed by atoms with van der Waals surface area (Å²) in [4.78, 5) is 14.3. The van der Waals surface area contributed by atoms with Crippen LogP contribution in [0.25, 0.3) is 0 Å². The van der Waals surface area contributed by atoms with Crippen molar-refractivity contribution >= 4 is 21.8 Å². The van der Waals surface area contributed by atoms with Gasteiger partial charge in [-0.3, -0.25) is 4.79 Å². The number of nitrogens with zero attached hydrogens (tertiary/aromatic N) is 1. The Morgan fingerprint density at radius 2 is 2.22 bits per heavy atom. The molecule has 2 nitrogen and oxygen atoms in total. The molecule has 0 bridgehead atoms. The lowest BCUT2D eigenvalue weighted by atomic mass is 9.92. The van der Waals surface area contributed by atoms with E-state index in [4.69, 9.17) is 0 Å². The molecule has 3 heteroatoms. The van der Waals surface area contributed by atoms with Crippen molar-refractivity contribution in [1.29, 1.82) is 0 Å². The molecule has 0 aromatic heterocycles. The second-order valence-electron chi connectivity index (χ2n) is 5.40. The molecular weight excluding hydrogens is 290 g/mol. The average Bonchev–Trinajstić information content (AvgIpc) is 3.13. The van der Waals surface area contributed by atoms with Crippen LogP contribution in [0.4, 0.5) is 0 Å². The number of hydrogen-bond donors (Lipinski definition) is 0. The lowest BCUT2D eigenvalue weighted by Crippen LogP contribution is -2.30. The SMILES string of the molecule is CN(CCBr)C(=O)C1C2CCc3ccccc3C21. The van der Waals surface area contributed by atoms with E-state index in [9.17, 15) is 4.79 Å². The van der Waals surface area contributed by atoms with Crippen molar-refractivity contribution in [3.05, 3.63) is 35.4 Å². The van der Waals surface area contributed by atoms with Gasteiger partial charge in [-0.15, -0.1) is 0 Å². The van der Waals surface area contributed by atoms with Crippen LogP contribution in [0.5, 0.6) is 0 Å². The summed E-state index contributed by atoms with van der Waals surface area (Å²) < 4.78 is 0. The molecule has 2 aliphatic rings. The molecule has 3 unspecified atom stereocenters. The first-order chi connectivity index (χ1) is 8.74. The van der Waals surface area contributed by atoms with E-state index in [1.165, 1.54) is 17.5 Å². The van der Waals surface area contributed by atoms with Crippen LogP contribution in [0, 0.1) is 11.8 Å². The number of hydrogen-bond acceptors (Lipinski definition) is 1. The quantitative estimate of drug-likeness (QED) is 0.786. The van der Waals surface area contributed by atoms with Crippen molar-refractivity contribution in [2.24, 2.45) is 11.8 Å². The molecule has 3 atom stereocenters. The van der Waals surface area contributed by atoms with Crippen molar-refractivity contribution in [3.8, 4) is 0 Å². The third kappa shape index (κ3) is 1.89. The minimum atomic E-state index is 0.248. The summed E-state index contributed by atoms with van der Waals surface area (Å²) in [5.41, 5.74) is 2.89. The third-order valence-corrected chi connectivity index (χ3v) is 4.77. The van der Waals surface area contributed by atoms with Gasteiger partial charge in [-0.25, -0.2) is 0 Å². The number of halogens is 1. The van der Waals surface area contributed by atoms with Gasteiger partial charge >= 0.3 is 0 Å². The Labute approximate surface area is 116 Å². The number of rotatable bonds is 3. The van der Waals surface area contributed by atoms with Crippen LogP contribution in [-0.2, 0) is 11.2 Å². The Bertz CT molecular complexity index is 473. The fraction of sp³-hybridized carbons (Fsp3) is 0.533. The maximum atomic E-state index is 12.4. The van der Waals surface area contributed by atoms with Crippen molar-refractivity contribution in [2.45, 2.75) is 18.8 Å². The highest BCUT2D eigenvalue weighted by Crippen LogP contribution is 2.60.